The summed E-state index contributed by atoms with van der Waals surface area (Å²) in [5.74, 6) is 0.991. The normalized spacial score (nSPS) is 22.7. The maximum atomic E-state index is 12.4. The van der Waals surface area contributed by atoms with Gasteiger partial charge < -0.3 is 10.1 Å². The molecule has 2 aromatic rings. The molecule has 0 saturated carbocycles. The lowest BCUT2D eigenvalue weighted by Crippen LogP contribution is -2.44. The Hall–Kier alpha value is -2.49. The lowest BCUT2D eigenvalue weighted by Gasteiger charge is -2.33. The molecule has 0 spiro atoms. The third-order valence-electron chi connectivity index (χ3n) is 4.39. The first kappa shape index (κ1) is 12.3. The summed E-state index contributed by atoms with van der Waals surface area (Å²) in [5, 5.41) is 3.56. The predicted molar refractivity (Wildman–Crippen MR) is 81.5 cm³/mol. The fourth-order valence-electron chi connectivity index (χ4n) is 3.39. The van der Waals surface area contributed by atoms with Crippen molar-refractivity contribution in [2.75, 3.05) is 17.3 Å². The number of anilines is 2. The smallest absolute Gasteiger partial charge is 0.229 e. The third-order valence-corrected chi connectivity index (χ3v) is 4.39. The maximum absolute atomic E-state index is 12.4. The Kier molecular flexibility index (Phi) is 2.48. The number of rotatable bonds is 2. The minimum atomic E-state index is -0.451. The Labute approximate surface area is 123 Å². The molecule has 2 aliphatic heterocycles. The Morgan fingerprint density at radius 3 is 2.67 bits per heavy atom. The Balaban J connectivity index is 1.84. The number of carbonyl (C=O) groups excluding carboxylic acids is 1. The monoisotopic (exact) mass is 280 g/mol. The number of benzene rings is 2. The van der Waals surface area contributed by atoms with Gasteiger partial charge >= 0.3 is 0 Å². The molecule has 1 saturated heterocycles. The second-order valence-electron chi connectivity index (χ2n) is 5.46. The molecule has 4 nitrogen and oxygen atoms in total. The molecule has 1 amide bonds. The molecular formula is C17H16N2O2. The first-order chi connectivity index (χ1) is 10.2. The van der Waals surface area contributed by atoms with E-state index < -0.39 is 5.66 Å². The molecule has 0 aliphatic carbocycles. The molecule has 4 heteroatoms. The van der Waals surface area contributed by atoms with Crippen molar-refractivity contribution in [2.24, 2.45) is 0 Å². The van der Waals surface area contributed by atoms with Crippen molar-refractivity contribution in [1.29, 1.82) is 0 Å². The van der Waals surface area contributed by atoms with Crippen molar-refractivity contribution in [3.05, 3.63) is 54.1 Å². The quantitative estimate of drug-likeness (QED) is 0.919. The van der Waals surface area contributed by atoms with E-state index in [1.54, 1.807) is 7.11 Å². The number of amides is 1. The highest BCUT2D eigenvalue weighted by Gasteiger charge is 2.52. The van der Waals surface area contributed by atoms with Crippen molar-refractivity contribution >= 4 is 17.3 Å². The van der Waals surface area contributed by atoms with Crippen LogP contribution in [-0.4, -0.2) is 13.0 Å². The van der Waals surface area contributed by atoms with E-state index in [1.165, 1.54) is 0 Å². The molecular weight excluding hydrogens is 264 g/mol. The van der Waals surface area contributed by atoms with E-state index in [0.29, 0.717) is 6.42 Å². The largest absolute Gasteiger partial charge is 0.497 e. The number of hydrogen-bond acceptors (Lipinski definition) is 3. The number of fused-ring (bicyclic) bond motifs is 3. The average molecular weight is 280 g/mol. The number of carbonyl (C=O) groups is 1. The zero-order valence-corrected chi connectivity index (χ0v) is 11.8. The molecule has 0 radical (unpaired) electrons. The fraction of sp³-hybridized carbons (Fsp3) is 0.235. The van der Waals surface area contributed by atoms with Crippen LogP contribution in [0.4, 0.5) is 11.4 Å². The van der Waals surface area contributed by atoms with Gasteiger partial charge in [0.1, 0.15) is 11.4 Å². The maximum Gasteiger partial charge on any atom is 0.229 e. The number of ether oxygens (including phenoxy) is 1. The summed E-state index contributed by atoms with van der Waals surface area (Å²) in [7, 11) is 1.66. The molecule has 21 heavy (non-hydrogen) atoms. The van der Waals surface area contributed by atoms with Crippen molar-refractivity contribution in [2.45, 2.75) is 18.5 Å². The van der Waals surface area contributed by atoms with Crippen LogP contribution in [0.2, 0.25) is 0 Å². The first-order valence-electron chi connectivity index (χ1n) is 7.09. The molecule has 1 fully saturated rings. The van der Waals surface area contributed by atoms with Crippen molar-refractivity contribution in [1.82, 2.24) is 0 Å². The van der Waals surface area contributed by atoms with Crippen molar-refractivity contribution in [3.8, 4) is 5.75 Å². The van der Waals surface area contributed by atoms with E-state index in [2.05, 4.69) is 5.32 Å². The highest BCUT2D eigenvalue weighted by Crippen LogP contribution is 2.51. The van der Waals surface area contributed by atoms with E-state index in [9.17, 15) is 4.79 Å². The van der Waals surface area contributed by atoms with Crippen LogP contribution in [-0.2, 0) is 10.5 Å². The molecule has 1 N–H and O–H groups in total. The number of nitrogens with one attached hydrogen (secondary N) is 1. The summed E-state index contributed by atoms with van der Waals surface area (Å²) in [6.07, 6.45) is 1.33. The molecule has 4 rings (SSSR count). The van der Waals surface area contributed by atoms with Crippen molar-refractivity contribution < 1.29 is 9.53 Å². The number of nitrogens with zero attached hydrogens (tertiary/aromatic N) is 1. The predicted octanol–water partition coefficient (Wildman–Crippen LogP) is 3.10. The average Bonchev–Trinajstić information content (AvgIpc) is 3.03. The zero-order chi connectivity index (χ0) is 14.4. The summed E-state index contributed by atoms with van der Waals surface area (Å²) in [4.78, 5) is 14.3. The molecule has 2 aliphatic rings. The van der Waals surface area contributed by atoms with E-state index in [0.717, 1.165) is 29.1 Å². The van der Waals surface area contributed by atoms with Gasteiger partial charge in [0.15, 0.2) is 0 Å². The van der Waals surface area contributed by atoms with Gasteiger partial charge in [-0.2, -0.15) is 0 Å². The minimum absolute atomic E-state index is 0.170. The van der Waals surface area contributed by atoms with Crippen LogP contribution in [0.5, 0.6) is 5.75 Å². The molecule has 1 atom stereocenters. The summed E-state index contributed by atoms with van der Waals surface area (Å²) < 4.78 is 5.22. The lowest BCUT2D eigenvalue weighted by atomic mass is 9.97. The van der Waals surface area contributed by atoms with Crippen LogP contribution < -0.4 is 15.0 Å². The minimum Gasteiger partial charge on any atom is -0.497 e. The summed E-state index contributed by atoms with van der Waals surface area (Å²) in [6, 6.07) is 15.9. The van der Waals surface area contributed by atoms with Gasteiger partial charge in [0.25, 0.3) is 0 Å². The lowest BCUT2D eigenvalue weighted by molar-refractivity contribution is -0.117. The molecule has 0 bridgehead atoms. The fourth-order valence-corrected chi connectivity index (χ4v) is 3.39. The third kappa shape index (κ3) is 1.59. The molecule has 0 aromatic heterocycles. The highest BCUT2D eigenvalue weighted by molar-refractivity contribution is 6.04. The van der Waals surface area contributed by atoms with Crippen LogP contribution in [0.1, 0.15) is 18.4 Å². The summed E-state index contributed by atoms with van der Waals surface area (Å²) >= 11 is 0. The zero-order valence-electron chi connectivity index (χ0n) is 11.8. The second-order valence-corrected chi connectivity index (χ2v) is 5.46. The van der Waals surface area contributed by atoms with E-state index in [-0.39, 0.29) is 5.91 Å². The second kappa shape index (κ2) is 4.25. The molecule has 2 aromatic carbocycles. The Bertz CT molecular complexity index is 711. The van der Waals surface area contributed by atoms with Crippen molar-refractivity contribution in [3.63, 3.8) is 0 Å². The van der Waals surface area contributed by atoms with Crippen LogP contribution in [0.25, 0.3) is 0 Å². The number of para-hydroxylation sites is 2. The van der Waals surface area contributed by atoms with E-state index >= 15 is 0 Å². The number of methoxy groups -OCH3 is 1. The van der Waals surface area contributed by atoms with E-state index in [1.807, 2.05) is 53.4 Å². The summed E-state index contributed by atoms with van der Waals surface area (Å²) in [6.45, 7) is 0. The highest BCUT2D eigenvalue weighted by atomic mass is 16.5. The van der Waals surface area contributed by atoms with Gasteiger partial charge in [-0.05, 0) is 29.8 Å². The van der Waals surface area contributed by atoms with Crippen LogP contribution in [0.3, 0.4) is 0 Å². The van der Waals surface area contributed by atoms with Gasteiger partial charge in [-0.25, -0.2) is 0 Å². The van der Waals surface area contributed by atoms with Crippen LogP contribution >= 0.6 is 0 Å². The number of hydrogen-bond donors (Lipinski definition) is 1. The van der Waals surface area contributed by atoms with Gasteiger partial charge in [0, 0.05) is 12.8 Å². The van der Waals surface area contributed by atoms with Gasteiger partial charge in [-0.1, -0.05) is 24.3 Å². The molecule has 106 valence electrons. The van der Waals surface area contributed by atoms with Gasteiger partial charge in [-0.3, -0.25) is 9.69 Å². The first-order valence-corrected chi connectivity index (χ1v) is 7.09. The summed E-state index contributed by atoms with van der Waals surface area (Å²) in [5.41, 5.74) is 2.62. The Morgan fingerprint density at radius 2 is 1.90 bits per heavy atom. The Morgan fingerprint density at radius 1 is 1.14 bits per heavy atom. The van der Waals surface area contributed by atoms with Crippen LogP contribution in [0.15, 0.2) is 48.5 Å². The van der Waals surface area contributed by atoms with Gasteiger partial charge in [-0.15, -0.1) is 0 Å². The van der Waals surface area contributed by atoms with Gasteiger partial charge in [0.05, 0.1) is 18.5 Å². The van der Waals surface area contributed by atoms with E-state index in [4.69, 9.17) is 4.74 Å². The molecule has 2 heterocycles. The standard InChI is InChI=1S/C17H16N2O2/c1-21-13-8-6-12(7-9-13)17-11-10-16(20)19(17)15-5-3-2-4-14(15)18-17/h2-9,18H,10-11H2,1H3. The topological polar surface area (TPSA) is 41.6 Å². The van der Waals surface area contributed by atoms with Crippen LogP contribution in [0, 0.1) is 0 Å². The molecule has 1 unspecified atom stereocenters. The SMILES string of the molecule is COc1ccc(C23CCC(=O)N2c2ccccc2N3)cc1. The van der Waals surface area contributed by atoms with Gasteiger partial charge in [0.2, 0.25) is 5.91 Å².